The van der Waals surface area contributed by atoms with Crippen molar-refractivity contribution in [2.45, 2.75) is 38.5 Å². The lowest BCUT2D eigenvalue weighted by molar-refractivity contribution is -0.109. The molecule has 84 valence electrons. The normalized spacial score (nSPS) is 11.7. The highest BCUT2D eigenvalue weighted by molar-refractivity contribution is 8.13. The molecule has 0 saturated heterocycles. The van der Waals surface area contributed by atoms with Crippen molar-refractivity contribution < 1.29 is 18.0 Å². The van der Waals surface area contributed by atoms with Crippen LogP contribution in [0.1, 0.15) is 32.6 Å². The third-order valence-electron chi connectivity index (χ3n) is 1.70. The van der Waals surface area contributed by atoms with Gasteiger partial charge in [0.15, 0.2) is 5.12 Å². The summed E-state index contributed by atoms with van der Waals surface area (Å²) >= 11 is 0.904. The molecule has 0 aromatic carbocycles. The van der Waals surface area contributed by atoms with Gasteiger partial charge in [-0.2, -0.15) is 0 Å². The number of alkyl halides is 3. The van der Waals surface area contributed by atoms with Crippen LogP contribution in [0, 0.1) is 0 Å². The zero-order valence-corrected chi connectivity index (χ0v) is 9.01. The molecule has 0 atom stereocenters. The first-order valence-corrected chi connectivity index (χ1v) is 5.53. The smallest absolute Gasteiger partial charge is 0.249 e. The zero-order chi connectivity index (χ0) is 11.0. The van der Waals surface area contributed by atoms with Gasteiger partial charge in [-0.05, 0) is 12.8 Å². The monoisotopic (exact) mass is 228 g/mol. The Labute approximate surface area is 86.4 Å². The van der Waals surface area contributed by atoms with E-state index in [1.807, 2.05) is 0 Å². The molecule has 0 amide bonds. The van der Waals surface area contributed by atoms with Gasteiger partial charge in [0.25, 0.3) is 0 Å². The highest BCUT2D eigenvalue weighted by atomic mass is 32.2. The second-order valence-electron chi connectivity index (χ2n) is 3.09. The number of carbonyl (C=O) groups is 1. The van der Waals surface area contributed by atoms with Gasteiger partial charge in [-0.1, -0.05) is 11.8 Å². The van der Waals surface area contributed by atoms with Crippen LogP contribution in [0.3, 0.4) is 0 Å². The molecule has 0 aromatic heterocycles. The molecule has 5 heteroatoms. The fraction of sp³-hybridized carbons (Fsp3) is 0.889. The van der Waals surface area contributed by atoms with Gasteiger partial charge >= 0.3 is 0 Å². The van der Waals surface area contributed by atoms with Crippen LogP contribution in [0.5, 0.6) is 0 Å². The number of rotatable bonds is 7. The van der Waals surface area contributed by atoms with E-state index in [4.69, 9.17) is 0 Å². The molecule has 0 fully saturated rings. The first kappa shape index (κ1) is 13.8. The first-order chi connectivity index (χ1) is 6.48. The Hall–Kier alpha value is -0.190. The van der Waals surface area contributed by atoms with Crippen molar-refractivity contribution in [3.8, 4) is 0 Å². The maximum absolute atomic E-state index is 13.0. The first-order valence-electron chi connectivity index (χ1n) is 4.55. The molecule has 0 radical (unpaired) electrons. The van der Waals surface area contributed by atoms with Crippen LogP contribution in [-0.2, 0) is 4.79 Å². The van der Waals surface area contributed by atoms with Gasteiger partial charge in [-0.3, -0.25) is 9.18 Å². The fourth-order valence-electron chi connectivity index (χ4n) is 0.947. The molecule has 0 bridgehead atoms. The quantitative estimate of drug-likeness (QED) is 0.621. The van der Waals surface area contributed by atoms with Crippen molar-refractivity contribution >= 4 is 16.9 Å². The van der Waals surface area contributed by atoms with E-state index in [2.05, 4.69) is 0 Å². The SMILES string of the molecule is CC(=O)SCCC(F)(F)CCCCF. The van der Waals surface area contributed by atoms with Crippen LogP contribution in [-0.4, -0.2) is 23.5 Å². The number of carbonyl (C=O) groups excluding carboxylic acids is 1. The summed E-state index contributed by atoms with van der Waals surface area (Å²) in [5.41, 5.74) is 0. The molecular weight excluding hydrogens is 213 g/mol. The summed E-state index contributed by atoms with van der Waals surface area (Å²) in [5.74, 6) is -2.62. The number of unbranched alkanes of at least 4 members (excludes halogenated alkanes) is 1. The molecule has 0 aliphatic heterocycles. The van der Waals surface area contributed by atoms with E-state index in [0.29, 0.717) is 0 Å². The van der Waals surface area contributed by atoms with Crippen molar-refractivity contribution in [2.24, 2.45) is 0 Å². The lowest BCUT2D eigenvalue weighted by atomic mass is 10.1. The molecular formula is C9H15F3OS. The highest BCUT2D eigenvalue weighted by Crippen LogP contribution is 2.27. The van der Waals surface area contributed by atoms with Gasteiger partial charge in [0.2, 0.25) is 5.92 Å². The van der Waals surface area contributed by atoms with E-state index in [1.165, 1.54) is 6.92 Å². The highest BCUT2D eigenvalue weighted by Gasteiger charge is 2.27. The summed E-state index contributed by atoms with van der Waals surface area (Å²) in [4.78, 5) is 10.5. The molecule has 1 nitrogen and oxygen atoms in total. The molecule has 14 heavy (non-hydrogen) atoms. The van der Waals surface area contributed by atoms with E-state index in [-0.39, 0.29) is 36.6 Å². The van der Waals surface area contributed by atoms with Crippen LogP contribution in [0.25, 0.3) is 0 Å². The number of hydrogen-bond acceptors (Lipinski definition) is 2. The Morgan fingerprint density at radius 2 is 1.93 bits per heavy atom. The third kappa shape index (κ3) is 8.41. The Bertz CT molecular complexity index is 173. The Kier molecular flexibility index (Phi) is 7.05. The minimum Gasteiger partial charge on any atom is -0.288 e. The van der Waals surface area contributed by atoms with Gasteiger partial charge in [-0.25, -0.2) is 8.78 Å². The largest absolute Gasteiger partial charge is 0.288 e. The van der Waals surface area contributed by atoms with Gasteiger partial charge in [0.05, 0.1) is 6.67 Å². The topological polar surface area (TPSA) is 17.1 Å². The summed E-state index contributed by atoms with van der Waals surface area (Å²) < 4.78 is 37.5. The van der Waals surface area contributed by atoms with Crippen LogP contribution in [0.15, 0.2) is 0 Å². The maximum atomic E-state index is 13.0. The van der Waals surface area contributed by atoms with E-state index in [1.54, 1.807) is 0 Å². The van der Waals surface area contributed by atoms with Crippen LogP contribution >= 0.6 is 11.8 Å². The molecule has 0 aromatic rings. The summed E-state index contributed by atoms with van der Waals surface area (Å²) in [5, 5.41) is -0.149. The summed E-state index contributed by atoms with van der Waals surface area (Å²) in [7, 11) is 0. The maximum Gasteiger partial charge on any atom is 0.249 e. The van der Waals surface area contributed by atoms with Gasteiger partial charge in [0, 0.05) is 25.5 Å². The van der Waals surface area contributed by atoms with E-state index < -0.39 is 12.6 Å². The zero-order valence-electron chi connectivity index (χ0n) is 8.19. The molecule has 0 aliphatic rings. The lowest BCUT2D eigenvalue weighted by Gasteiger charge is -2.14. The fourth-order valence-corrected chi connectivity index (χ4v) is 1.64. The van der Waals surface area contributed by atoms with Crippen LogP contribution in [0.2, 0.25) is 0 Å². The molecule has 0 saturated carbocycles. The van der Waals surface area contributed by atoms with Gasteiger partial charge in [0.1, 0.15) is 0 Å². The number of thioether (sulfide) groups is 1. The van der Waals surface area contributed by atoms with Crippen LogP contribution in [0.4, 0.5) is 13.2 Å². The second kappa shape index (κ2) is 7.15. The Morgan fingerprint density at radius 3 is 2.43 bits per heavy atom. The standard InChI is InChI=1S/C9H15F3OS/c1-8(13)14-7-5-9(11,12)4-2-3-6-10/h2-7H2,1H3. The summed E-state index contributed by atoms with van der Waals surface area (Å²) in [6, 6.07) is 0. The van der Waals surface area contributed by atoms with E-state index >= 15 is 0 Å². The number of halogens is 3. The average Bonchev–Trinajstić information content (AvgIpc) is 2.03. The molecule has 0 N–H and O–H groups in total. The van der Waals surface area contributed by atoms with Crippen molar-refractivity contribution in [3.63, 3.8) is 0 Å². The number of hydrogen-bond donors (Lipinski definition) is 0. The minimum absolute atomic E-state index is 0.137. The predicted octanol–water partition coefficient (Wildman–Crippen LogP) is 3.43. The molecule has 0 heterocycles. The third-order valence-corrected chi connectivity index (χ3v) is 2.51. The molecule has 0 unspecified atom stereocenters. The summed E-state index contributed by atoms with van der Waals surface area (Å²) in [6.45, 7) is 0.810. The lowest BCUT2D eigenvalue weighted by Crippen LogP contribution is -2.17. The molecule has 0 spiro atoms. The van der Waals surface area contributed by atoms with E-state index in [0.717, 1.165) is 11.8 Å². The van der Waals surface area contributed by atoms with Gasteiger partial charge in [-0.15, -0.1) is 0 Å². The van der Waals surface area contributed by atoms with Crippen molar-refractivity contribution in [1.82, 2.24) is 0 Å². The molecule has 0 rings (SSSR count). The van der Waals surface area contributed by atoms with Crippen molar-refractivity contribution in [3.05, 3.63) is 0 Å². The predicted molar refractivity (Wildman–Crippen MR) is 52.5 cm³/mol. The van der Waals surface area contributed by atoms with Crippen molar-refractivity contribution in [2.75, 3.05) is 12.4 Å². The van der Waals surface area contributed by atoms with E-state index in [9.17, 15) is 18.0 Å². The second-order valence-corrected chi connectivity index (χ2v) is 4.36. The van der Waals surface area contributed by atoms with Crippen molar-refractivity contribution in [1.29, 1.82) is 0 Å². The Balaban J connectivity index is 3.55. The molecule has 0 aliphatic carbocycles. The minimum atomic E-state index is -2.75. The Morgan fingerprint density at radius 1 is 1.29 bits per heavy atom. The average molecular weight is 228 g/mol. The van der Waals surface area contributed by atoms with Crippen LogP contribution < -0.4 is 0 Å². The van der Waals surface area contributed by atoms with Gasteiger partial charge < -0.3 is 0 Å². The summed E-state index contributed by atoms with van der Waals surface area (Å²) in [6.07, 6.45) is -0.192.